The molecule has 25 heavy (non-hydrogen) atoms. The molecule has 0 spiro atoms. The summed E-state index contributed by atoms with van der Waals surface area (Å²) in [6.07, 6.45) is 6.80. The Labute approximate surface area is 151 Å². The van der Waals surface area contributed by atoms with Gasteiger partial charge in [-0.15, -0.1) is 0 Å². The normalized spacial score (nSPS) is 24.0. The standard InChI is InChI=1S/C20H29NO3S/c1-15-9-10-16(2)18(12-15)13-25(23,24)14-20(22)21-11-5-7-17-6-3-4-8-19(17)21/h9-10,12,17,19H,3-8,11,13-14H2,1-2H3/t17-,19+/m0/s1. The molecular formula is C20H29NO3S. The molecule has 1 aromatic rings. The van der Waals surface area contributed by atoms with E-state index in [1.165, 1.54) is 19.3 Å². The van der Waals surface area contributed by atoms with Gasteiger partial charge in [0.15, 0.2) is 9.84 Å². The van der Waals surface area contributed by atoms with E-state index in [0.29, 0.717) is 5.92 Å². The third kappa shape index (κ3) is 4.43. The van der Waals surface area contributed by atoms with Crippen LogP contribution in [-0.2, 0) is 20.4 Å². The summed E-state index contributed by atoms with van der Waals surface area (Å²) in [7, 11) is -3.45. The first-order valence-electron chi connectivity index (χ1n) is 9.42. The number of hydrogen-bond donors (Lipinski definition) is 0. The number of carbonyl (C=O) groups excluding carboxylic acids is 1. The van der Waals surface area contributed by atoms with E-state index in [0.717, 1.165) is 42.5 Å². The van der Waals surface area contributed by atoms with E-state index in [9.17, 15) is 13.2 Å². The van der Waals surface area contributed by atoms with E-state index in [4.69, 9.17) is 0 Å². The smallest absolute Gasteiger partial charge is 0.238 e. The molecule has 0 aromatic heterocycles. The number of nitrogens with zero attached hydrogens (tertiary/aromatic N) is 1. The predicted octanol–water partition coefficient (Wildman–Crippen LogP) is 3.40. The van der Waals surface area contributed by atoms with Crippen molar-refractivity contribution in [3.8, 4) is 0 Å². The molecule has 138 valence electrons. The molecular weight excluding hydrogens is 334 g/mol. The van der Waals surface area contributed by atoms with Crippen molar-refractivity contribution >= 4 is 15.7 Å². The summed E-state index contributed by atoms with van der Waals surface area (Å²) in [5.41, 5.74) is 2.82. The van der Waals surface area contributed by atoms with Crippen molar-refractivity contribution in [2.24, 2.45) is 5.92 Å². The number of amides is 1. The number of aryl methyl sites for hydroxylation is 2. The highest BCUT2D eigenvalue weighted by atomic mass is 32.2. The Morgan fingerprint density at radius 3 is 2.64 bits per heavy atom. The molecule has 1 heterocycles. The van der Waals surface area contributed by atoms with E-state index in [2.05, 4.69) is 0 Å². The number of likely N-dealkylation sites (tertiary alicyclic amines) is 1. The monoisotopic (exact) mass is 363 g/mol. The molecule has 0 radical (unpaired) electrons. The van der Waals surface area contributed by atoms with Crippen molar-refractivity contribution < 1.29 is 13.2 Å². The molecule has 1 aliphatic heterocycles. The zero-order chi connectivity index (χ0) is 18.0. The van der Waals surface area contributed by atoms with Crippen LogP contribution in [0.15, 0.2) is 18.2 Å². The molecule has 1 saturated heterocycles. The molecule has 0 N–H and O–H groups in total. The third-order valence-electron chi connectivity index (χ3n) is 5.79. The van der Waals surface area contributed by atoms with Gasteiger partial charge >= 0.3 is 0 Å². The molecule has 5 heteroatoms. The van der Waals surface area contributed by atoms with Crippen LogP contribution in [-0.4, -0.2) is 37.6 Å². The fraction of sp³-hybridized carbons (Fsp3) is 0.650. The molecule has 2 atom stereocenters. The number of benzene rings is 1. The van der Waals surface area contributed by atoms with E-state index >= 15 is 0 Å². The second kappa shape index (κ2) is 7.48. The van der Waals surface area contributed by atoms with Gasteiger partial charge in [0.2, 0.25) is 5.91 Å². The summed E-state index contributed by atoms with van der Waals surface area (Å²) in [5.74, 6) is -0.0206. The van der Waals surface area contributed by atoms with E-state index in [-0.39, 0.29) is 23.5 Å². The van der Waals surface area contributed by atoms with E-state index in [1.807, 2.05) is 36.9 Å². The summed E-state index contributed by atoms with van der Waals surface area (Å²) in [6.45, 7) is 4.60. The van der Waals surface area contributed by atoms with Crippen LogP contribution in [0.25, 0.3) is 0 Å². The van der Waals surface area contributed by atoms with Crippen LogP contribution in [0.5, 0.6) is 0 Å². The molecule has 1 aliphatic carbocycles. The van der Waals surface area contributed by atoms with Gasteiger partial charge in [0.1, 0.15) is 5.75 Å². The average Bonchev–Trinajstić information content (AvgIpc) is 2.57. The van der Waals surface area contributed by atoms with Crippen LogP contribution in [0, 0.1) is 19.8 Å². The molecule has 2 fully saturated rings. The van der Waals surface area contributed by atoms with Crippen molar-refractivity contribution in [2.45, 2.75) is 64.2 Å². The first-order chi connectivity index (χ1) is 11.9. The van der Waals surface area contributed by atoms with Crippen molar-refractivity contribution in [3.05, 3.63) is 34.9 Å². The highest BCUT2D eigenvalue weighted by Gasteiger charge is 2.36. The lowest BCUT2D eigenvalue weighted by molar-refractivity contribution is -0.134. The van der Waals surface area contributed by atoms with Gasteiger partial charge in [-0.25, -0.2) is 8.42 Å². The molecule has 4 nitrogen and oxygen atoms in total. The number of piperidine rings is 1. The predicted molar refractivity (Wildman–Crippen MR) is 100 cm³/mol. The summed E-state index contributed by atoms with van der Waals surface area (Å²) in [5, 5.41) is 0. The van der Waals surface area contributed by atoms with Crippen LogP contribution in [0.2, 0.25) is 0 Å². The summed E-state index contributed by atoms with van der Waals surface area (Å²) in [4.78, 5) is 14.6. The second-order valence-electron chi connectivity index (χ2n) is 7.80. The molecule has 0 unspecified atom stereocenters. The number of carbonyl (C=O) groups is 1. The van der Waals surface area contributed by atoms with Gasteiger partial charge < -0.3 is 4.90 Å². The highest BCUT2D eigenvalue weighted by molar-refractivity contribution is 7.91. The van der Waals surface area contributed by atoms with Crippen LogP contribution in [0.3, 0.4) is 0 Å². The van der Waals surface area contributed by atoms with Crippen molar-refractivity contribution in [1.29, 1.82) is 0 Å². The van der Waals surface area contributed by atoms with Gasteiger partial charge in [0.25, 0.3) is 0 Å². The first kappa shape index (κ1) is 18.4. The molecule has 3 rings (SSSR count). The Balaban J connectivity index is 1.69. The Morgan fingerprint density at radius 2 is 1.84 bits per heavy atom. The molecule has 2 aliphatic rings. The first-order valence-corrected chi connectivity index (χ1v) is 11.2. The molecule has 0 bridgehead atoms. The summed E-state index contributed by atoms with van der Waals surface area (Å²) in [6, 6.07) is 6.10. The zero-order valence-corrected chi connectivity index (χ0v) is 16.1. The van der Waals surface area contributed by atoms with Gasteiger partial charge in [-0.05, 0) is 56.6 Å². The minimum absolute atomic E-state index is 0.0474. The number of sulfone groups is 1. The van der Waals surface area contributed by atoms with Crippen molar-refractivity contribution in [1.82, 2.24) is 4.90 Å². The number of rotatable bonds is 4. The Morgan fingerprint density at radius 1 is 1.12 bits per heavy atom. The minimum atomic E-state index is -3.45. The van der Waals surface area contributed by atoms with Gasteiger partial charge in [0, 0.05) is 12.6 Å². The van der Waals surface area contributed by atoms with Crippen molar-refractivity contribution in [2.75, 3.05) is 12.3 Å². The van der Waals surface area contributed by atoms with Gasteiger partial charge in [-0.2, -0.15) is 0 Å². The maximum atomic E-state index is 12.8. The van der Waals surface area contributed by atoms with Crippen LogP contribution < -0.4 is 0 Å². The molecule has 1 aromatic carbocycles. The average molecular weight is 364 g/mol. The van der Waals surface area contributed by atoms with E-state index in [1.54, 1.807) is 0 Å². The molecule has 1 saturated carbocycles. The molecule has 1 amide bonds. The number of hydrogen-bond acceptors (Lipinski definition) is 3. The largest absolute Gasteiger partial charge is 0.339 e. The Kier molecular flexibility index (Phi) is 5.52. The number of fused-ring (bicyclic) bond motifs is 1. The van der Waals surface area contributed by atoms with Gasteiger partial charge in [-0.1, -0.05) is 36.6 Å². The fourth-order valence-corrected chi connectivity index (χ4v) is 5.88. The SMILES string of the molecule is Cc1ccc(C)c(CS(=O)(=O)CC(=O)N2CCC[C@@H]3CCCC[C@H]32)c1. The van der Waals surface area contributed by atoms with Crippen LogP contribution >= 0.6 is 0 Å². The topological polar surface area (TPSA) is 54.5 Å². The van der Waals surface area contributed by atoms with Crippen LogP contribution in [0.1, 0.15) is 55.2 Å². The van der Waals surface area contributed by atoms with Crippen LogP contribution in [0.4, 0.5) is 0 Å². The quantitative estimate of drug-likeness (QED) is 0.824. The second-order valence-corrected chi connectivity index (χ2v) is 9.87. The fourth-order valence-electron chi connectivity index (χ4n) is 4.45. The lowest BCUT2D eigenvalue weighted by Gasteiger charge is -2.44. The maximum absolute atomic E-state index is 12.8. The van der Waals surface area contributed by atoms with Gasteiger partial charge in [-0.3, -0.25) is 4.79 Å². The maximum Gasteiger partial charge on any atom is 0.238 e. The Hall–Kier alpha value is -1.36. The Bertz CT molecular complexity index is 739. The lowest BCUT2D eigenvalue weighted by Crippen LogP contribution is -2.51. The van der Waals surface area contributed by atoms with Crippen molar-refractivity contribution in [3.63, 3.8) is 0 Å². The summed E-state index contributed by atoms with van der Waals surface area (Å²) < 4.78 is 25.3. The minimum Gasteiger partial charge on any atom is -0.339 e. The zero-order valence-electron chi connectivity index (χ0n) is 15.3. The van der Waals surface area contributed by atoms with Gasteiger partial charge in [0.05, 0.1) is 5.75 Å². The van der Waals surface area contributed by atoms with E-state index < -0.39 is 9.84 Å². The summed E-state index contributed by atoms with van der Waals surface area (Å²) >= 11 is 0. The third-order valence-corrected chi connectivity index (χ3v) is 7.22. The highest BCUT2D eigenvalue weighted by Crippen LogP contribution is 2.35. The lowest BCUT2D eigenvalue weighted by atomic mass is 9.78.